The van der Waals surface area contributed by atoms with Gasteiger partial charge in [0.15, 0.2) is 0 Å². The molecule has 0 bridgehead atoms. The third-order valence-electron chi connectivity index (χ3n) is 4.62. The Labute approximate surface area is 114 Å². The van der Waals surface area contributed by atoms with E-state index in [9.17, 15) is 5.11 Å². The van der Waals surface area contributed by atoms with E-state index < -0.39 is 5.60 Å². The van der Waals surface area contributed by atoms with Crippen molar-refractivity contribution in [3.05, 3.63) is 12.3 Å². The van der Waals surface area contributed by atoms with Gasteiger partial charge >= 0.3 is 0 Å². The number of likely N-dealkylation sites (tertiary alicyclic amines) is 1. The van der Waals surface area contributed by atoms with Gasteiger partial charge in [0.05, 0.1) is 5.60 Å². The average molecular weight is 265 g/mol. The van der Waals surface area contributed by atoms with Gasteiger partial charge < -0.3 is 14.4 Å². The van der Waals surface area contributed by atoms with E-state index in [4.69, 9.17) is 4.42 Å². The number of aromatic nitrogens is 2. The van der Waals surface area contributed by atoms with Crippen LogP contribution in [-0.2, 0) is 0 Å². The minimum Gasteiger partial charge on any atom is -0.428 e. The van der Waals surface area contributed by atoms with Crippen LogP contribution in [0.1, 0.15) is 56.8 Å². The molecular formula is C14H23N3O2. The van der Waals surface area contributed by atoms with E-state index in [2.05, 4.69) is 15.1 Å². The van der Waals surface area contributed by atoms with Crippen LogP contribution < -0.4 is 0 Å². The smallest absolute Gasteiger partial charge is 0.219 e. The van der Waals surface area contributed by atoms with Crippen molar-refractivity contribution in [2.24, 2.45) is 0 Å². The van der Waals surface area contributed by atoms with Crippen molar-refractivity contribution in [1.82, 2.24) is 15.1 Å². The third kappa shape index (κ3) is 3.15. The molecule has 1 saturated heterocycles. The molecule has 1 aromatic heterocycles. The Kier molecular flexibility index (Phi) is 3.84. The summed E-state index contributed by atoms with van der Waals surface area (Å²) in [5.41, 5.74) is -0.435. The van der Waals surface area contributed by atoms with Crippen LogP contribution in [0.25, 0.3) is 0 Å². The lowest BCUT2D eigenvalue weighted by molar-refractivity contribution is -0.0311. The van der Waals surface area contributed by atoms with Gasteiger partial charge in [-0.15, -0.1) is 10.2 Å². The number of rotatable bonds is 3. The van der Waals surface area contributed by atoms with E-state index in [1.165, 1.54) is 25.7 Å². The lowest BCUT2D eigenvalue weighted by atomic mass is 9.84. The van der Waals surface area contributed by atoms with Crippen LogP contribution in [-0.4, -0.2) is 45.4 Å². The molecule has 0 amide bonds. The molecule has 106 valence electrons. The number of nitrogens with zero attached hydrogens (tertiary/aromatic N) is 3. The van der Waals surface area contributed by atoms with Gasteiger partial charge in [-0.25, -0.2) is 0 Å². The van der Waals surface area contributed by atoms with E-state index in [0.717, 1.165) is 51.2 Å². The summed E-state index contributed by atoms with van der Waals surface area (Å²) in [7, 11) is 0. The van der Waals surface area contributed by atoms with E-state index in [1.54, 1.807) is 0 Å². The fraction of sp³-hybridized carbons (Fsp3) is 0.857. The van der Waals surface area contributed by atoms with Crippen LogP contribution in [0.15, 0.2) is 10.8 Å². The summed E-state index contributed by atoms with van der Waals surface area (Å²) in [6.45, 7) is 2.88. The summed E-state index contributed by atoms with van der Waals surface area (Å²) in [4.78, 5) is 2.40. The quantitative estimate of drug-likeness (QED) is 0.905. The Balaban J connectivity index is 1.50. The molecule has 3 rings (SSSR count). The molecule has 0 unspecified atom stereocenters. The Hall–Kier alpha value is -0.940. The zero-order valence-electron chi connectivity index (χ0n) is 11.4. The second kappa shape index (κ2) is 5.59. The van der Waals surface area contributed by atoms with Crippen LogP contribution in [0.3, 0.4) is 0 Å². The number of hydrogen-bond acceptors (Lipinski definition) is 5. The third-order valence-corrected chi connectivity index (χ3v) is 4.62. The summed E-state index contributed by atoms with van der Waals surface area (Å²) in [5.74, 6) is 1.18. The lowest BCUT2D eigenvalue weighted by Crippen LogP contribution is -2.46. The maximum absolute atomic E-state index is 10.6. The monoisotopic (exact) mass is 265 g/mol. The maximum Gasteiger partial charge on any atom is 0.219 e. The number of piperidine rings is 1. The molecule has 5 heteroatoms. The van der Waals surface area contributed by atoms with Crippen molar-refractivity contribution in [3.63, 3.8) is 0 Å². The molecule has 1 aromatic rings. The molecule has 1 saturated carbocycles. The van der Waals surface area contributed by atoms with Gasteiger partial charge in [0.25, 0.3) is 0 Å². The van der Waals surface area contributed by atoms with Gasteiger partial charge in [-0.2, -0.15) is 0 Å². The Morgan fingerprint density at radius 3 is 2.63 bits per heavy atom. The fourth-order valence-corrected chi connectivity index (χ4v) is 3.48. The molecule has 0 spiro atoms. The molecule has 0 atom stereocenters. The van der Waals surface area contributed by atoms with Crippen molar-refractivity contribution in [2.45, 2.75) is 56.5 Å². The normalized spacial score (nSPS) is 25.5. The summed E-state index contributed by atoms with van der Waals surface area (Å²) >= 11 is 0. The average Bonchev–Trinajstić information content (AvgIpc) is 2.94. The first-order chi connectivity index (χ1) is 9.25. The minimum absolute atomic E-state index is 0.403. The largest absolute Gasteiger partial charge is 0.428 e. The second-order valence-electron chi connectivity index (χ2n) is 6.11. The van der Waals surface area contributed by atoms with E-state index in [-0.39, 0.29) is 0 Å². The summed E-state index contributed by atoms with van der Waals surface area (Å²) in [6.07, 6.45) is 9.08. The van der Waals surface area contributed by atoms with Crippen LogP contribution in [0.5, 0.6) is 0 Å². The van der Waals surface area contributed by atoms with Crippen molar-refractivity contribution in [3.8, 4) is 0 Å². The summed E-state index contributed by atoms with van der Waals surface area (Å²) < 4.78 is 5.29. The highest BCUT2D eigenvalue weighted by Crippen LogP contribution is 2.31. The Morgan fingerprint density at radius 1 is 1.26 bits per heavy atom. The summed E-state index contributed by atoms with van der Waals surface area (Å²) in [5, 5.41) is 18.4. The van der Waals surface area contributed by atoms with Crippen molar-refractivity contribution in [2.75, 3.05) is 19.6 Å². The van der Waals surface area contributed by atoms with Crippen LogP contribution in [0.2, 0.25) is 0 Å². The topological polar surface area (TPSA) is 62.4 Å². The van der Waals surface area contributed by atoms with Gasteiger partial charge in [-0.05, 0) is 38.8 Å². The molecule has 19 heavy (non-hydrogen) atoms. The first-order valence-corrected chi connectivity index (χ1v) is 7.46. The van der Waals surface area contributed by atoms with Crippen molar-refractivity contribution >= 4 is 0 Å². The predicted molar refractivity (Wildman–Crippen MR) is 70.7 cm³/mol. The molecular weight excluding hydrogens is 242 g/mol. The maximum atomic E-state index is 10.6. The van der Waals surface area contributed by atoms with E-state index in [1.807, 2.05) is 0 Å². The zero-order valence-corrected chi connectivity index (χ0v) is 11.4. The number of hydrogen-bond donors (Lipinski definition) is 1. The highest BCUT2D eigenvalue weighted by molar-refractivity contribution is 4.94. The first kappa shape index (κ1) is 13.1. The van der Waals surface area contributed by atoms with Gasteiger partial charge in [-0.1, -0.05) is 19.3 Å². The number of β-amino-alcohol motifs (C(OH)–C–C–N with tert-alkyl or cyclic N) is 1. The van der Waals surface area contributed by atoms with Crippen LogP contribution in [0.4, 0.5) is 0 Å². The van der Waals surface area contributed by atoms with Gasteiger partial charge in [0.1, 0.15) is 0 Å². The molecule has 0 aromatic carbocycles. The van der Waals surface area contributed by atoms with Gasteiger partial charge in [-0.3, -0.25) is 0 Å². The van der Waals surface area contributed by atoms with Crippen molar-refractivity contribution in [1.29, 1.82) is 0 Å². The standard InChI is InChI=1S/C14H23N3O2/c18-14(6-2-1-3-7-14)10-17-8-4-12(5-9-17)13-16-15-11-19-13/h11-12,18H,1-10H2. The zero-order chi connectivity index (χ0) is 13.1. The SMILES string of the molecule is OC1(CN2CCC(c3nnco3)CC2)CCCCC1. The van der Waals surface area contributed by atoms with Crippen LogP contribution in [0, 0.1) is 0 Å². The molecule has 2 aliphatic rings. The lowest BCUT2D eigenvalue weighted by Gasteiger charge is -2.39. The molecule has 1 aliphatic heterocycles. The van der Waals surface area contributed by atoms with Gasteiger partial charge in [0, 0.05) is 12.5 Å². The van der Waals surface area contributed by atoms with Crippen molar-refractivity contribution < 1.29 is 9.52 Å². The first-order valence-electron chi connectivity index (χ1n) is 7.46. The van der Waals surface area contributed by atoms with Crippen LogP contribution >= 0.6 is 0 Å². The van der Waals surface area contributed by atoms with Gasteiger partial charge in [0.2, 0.25) is 12.3 Å². The highest BCUT2D eigenvalue weighted by Gasteiger charge is 2.33. The molecule has 0 radical (unpaired) electrons. The molecule has 5 nitrogen and oxygen atoms in total. The second-order valence-corrected chi connectivity index (χ2v) is 6.11. The minimum atomic E-state index is -0.435. The molecule has 2 fully saturated rings. The Bertz CT molecular complexity index is 379. The van der Waals surface area contributed by atoms with E-state index >= 15 is 0 Å². The molecule has 2 heterocycles. The molecule has 1 aliphatic carbocycles. The molecule has 1 N–H and O–H groups in total. The highest BCUT2D eigenvalue weighted by atomic mass is 16.4. The predicted octanol–water partition coefficient (Wildman–Crippen LogP) is 1.94. The Morgan fingerprint density at radius 2 is 2.00 bits per heavy atom. The van der Waals surface area contributed by atoms with E-state index in [0.29, 0.717) is 5.92 Å². The summed E-state index contributed by atoms with van der Waals surface area (Å²) in [6, 6.07) is 0. The number of aliphatic hydroxyl groups is 1. The fourth-order valence-electron chi connectivity index (χ4n) is 3.48.